The van der Waals surface area contributed by atoms with Gasteiger partial charge in [0.25, 0.3) is 0 Å². The quantitative estimate of drug-likeness (QED) is 0.354. The number of alkyl halides is 1. The normalized spacial score (nSPS) is 15.6. The summed E-state index contributed by atoms with van der Waals surface area (Å²) in [5, 5.41) is 2.65. The van der Waals surface area contributed by atoms with E-state index in [1.165, 1.54) is 0 Å². The third-order valence-electron chi connectivity index (χ3n) is 4.81. The molecule has 0 aliphatic heterocycles. The standard InChI is InChI=1S/C21H40FNO5/c1-6-8-9-17(4)21(25)23-14-19(22)18(5)28-13-12-26-10-11-27-15-20(24)16(3)7-2/h16-19H,6-15H2,1-5H3,(H,23,25). The lowest BCUT2D eigenvalue weighted by Crippen LogP contribution is -2.39. The zero-order chi connectivity index (χ0) is 21.4. The fourth-order valence-electron chi connectivity index (χ4n) is 2.34. The molecular weight excluding hydrogens is 365 g/mol. The van der Waals surface area contributed by atoms with Crippen molar-refractivity contribution >= 4 is 11.7 Å². The first kappa shape index (κ1) is 27.0. The Balaban J connectivity index is 3.68. The molecule has 0 aliphatic carbocycles. The number of ketones is 1. The minimum absolute atomic E-state index is 0.0220. The number of hydrogen-bond donors (Lipinski definition) is 1. The minimum atomic E-state index is -1.27. The zero-order valence-corrected chi connectivity index (χ0v) is 18.3. The first-order valence-electron chi connectivity index (χ1n) is 10.5. The number of carbonyl (C=O) groups is 2. The molecule has 0 spiro atoms. The first-order chi connectivity index (χ1) is 13.3. The van der Waals surface area contributed by atoms with E-state index in [0.717, 1.165) is 25.7 Å². The van der Waals surface area contributed by atoms with Crippen LogP contribution in [0.5, 0.6) is 0 Å². The Bertz CT molecular complexity index is 422. The molecule has 0 saturated heterocycles. The molecule has 1 amide bonds. The Morgan fingerprint density at radius 2 is 1.61 bits per heavy atom. The Morgan fingerprint density at radius 1 is 0.964 bits per heavy atom. The smallest absolute Gasteiger partial charge is 0.222 e. The van der Waals surface area contributed by atoms with Crippen LogP contribution in [0.1, 0.15) is 60.3 Å². The van der Waals surface area contributed by atoms with Gasteiger partial charge in [-0.3, -0.25) is 9.59 Å². The number of hydrogen-bond acceptors (Lipinski definition) is 5. The third-order valence-corrected chi connectivity index (χ3v) is 4.81. The summed E-state index contributed by atoms with van der Waals surface area (Å²) in [4.78, 5) is 23.5. The number of rotatable bonds is 18. The highest BCUT2D eigenvalue weighted by Gasteiger charge is 2.19. The molecule has 7 heteroatoms. The molecule has 0 aromatic rings. The van der Waals surface area contributed by atoms with Crippen molar-refractivity contribution in [2.45, 2.75) is 72.6 Å². The second kappa shape index (κ2) is 16.9. The number of nitrogens with one attached hydrogen (secondary N) is 1. The van der Waals surface area contributed by atoms with Gasteiger partial charge < -0.3 is 19.5 Å². The van der Waals surface area contributed by atoms with E-state index in [0.29, 0.717) is 19.8 Å². The highest BCUT2D eigenvalue weighted by atomic mass is 19.1. The van der Waals surface area contributed by atoms with Crippen LogP contribution in [0.25, 0.3) is 0 Å². The number of unbranched alkanes of at least 4 members (excludes halogenated alkanes) is 1. The lowest BCUT2D eigenvalue weighted by molar-refractivity contribution is -0.128. The van der Waals surface area contributed by atoms with Gasteiger partial charge >= 0.3 is 0 Å². The van der Waals surface area contributed by atoms with Crippen molar-refractivity contribution in [2.75, 3.05) is 39.6 Å². The largest absolute Gasteiger partial charge is 0.377 e. The molecule has 166 valence electrons. The van der Waals surface area contributed by atoms with Crippen molar-refractivity contribution in [3.05, 3.63) is 0 Å². The van der Waals surface area contributed by atoms with Crippen LogP contribution in [-0.2, 0) is 23.8 Å². The Labute approximate surface area is 169 Å². The van der Waals surface area contributed by atoms with Gasteiger partial charge in [0.05, 0.1) is 39.1 Å². The minimum Gasteiger partial charge on any atom is -0.377 e. The van der Waals surface area contributed by atoms with E-state index in [2.05, 4.69) is 12.2 Å². The van der Waals surface area contributed by atoms with Gasteiger partial charge in [0.1, 0.15) is 12.8 Å². The van der Waals surface area contributed by atoms with Crippen LogP contribution >= 0.6 is 0 Å². The SMILES string of the molecule is CCCCC(C)C(=O)NCC(F)C(C)OCCOCCOCC(=O)C(C)CC. The maximum absolute atomic E-state index is 14.1. The molecule has 1 N–H and O–H groups in total. The molecule has 4 atom stereocenters. The van der Waals surface area contributed by atoms with E-state index in [4.69, 9.17) is 14.2 Å². The van der Waals surface area contributed by atoms with E-state index in [1.54, 1.807) is 6.92 Å². The van der Waals surface area contributed by atoms with E-state index >= 15 is 0 Å². The van der Waals surface area contributed by atoms with Gasteiger partial charge in [-0.15, -0.1) is 0 Å². The van der Waals surface area contributed by atoms with Crippen LogP contribution in [0, 0.1) is 11.8 Å². The van der Waals surface area contributed by atoms with Crippen LogP contribution in [0.2, 0.25) is 0 Å². The fraction of sp³-hybridized carbons (Fsp3) is 0.905. The summed E-state index contributed by atoms with van der Waals surface area (Å²) in [6.45, 7) is 10.8. The summed E-state index contributed by atoms with van der Waals surface area (Å²) in [5.41, 5.74) is 0. The molecule has 0 fully saturated rings. The van der Waals surface area contributed by atoms with Crippen LogP contribution in [0.3, 0.4) is 0 Å². The summed E-state index contributed by atoms with van der Waals surface area (Å²) in [5.74, 6) is -0.0906. The van der Waals surface area contributed by atoms with Crippen LogP contribution in [0.4, 0.5) is 4.39 Å². The van der Waals surface area contributed by atoms with Gasteiger partial charge in [-0.05, 0) is 19.8 Å². The highest BCUT2D eigenvalue weighted by molar-refractivity contribution is 5.81. The van der Waals surface area contributed by atoms with Gasteiger partial charge in [-0.25, -0.2) is 4.39 Å². The molecule has 4 unspecified atom stereocenters. The second-order valence-corrected chi connectivity index (χ2v) is 7.32. The van der Waals surface area contributed by atoms with Crippen molar-refractivity contribution in [3.63, 3.8) is 0 Å². The maximum Gasteiger partial charge on any atom is 0.222 e. The summed E-state index contributed by atoms with van der Waals surface area (Å²) in [7, 11) is 0. The molecule has 0 aromatic carbocycles. The monoisotopic (exact) mass is 405 g/mol. The number of amides is 1. The first-order valence-corrected chi connectivity index (χ1v) is 10.5. The molecule has 0 bridgehead atoms. The Kier molecular flexibility index (Phi) is 16.2. The van der Waals surface area contributed by atoms with Gasteiger partial charge in [-0.1, -0.05) is 40.5 Å². The lowest BCUT2D eigenvalue weighted by atomic mass is 10.0. The zero-order valence-electron chi connectivity index (χ0n) is 18.3. The molecule has 0 radical (unpaired) electrons. The number of ether oxygens (including phenoxy) is 3. The Morgan fingerprint density at radius 3 is 2.25 bits per heavy atom. The number of Topliss-reactive ketones (excluding diaryl/α,β-unsaturated/α-hetero) is 1. The molecule has 0 aliphatic rings. The van der Waals surface area contributed by atoms with Crippen LogP contribution in [-0.4, -0.2) is 63.5 Å². The van der Waals surface area contributed by atoms with Gasteiger partial charge in [0, 0.05) is 11.8 Å². The molecule has 28 heavy (non-hydrogen) atoms. The predicted molar refractivity (Wildman–Crippen MR) is 108 cm³/mol. The molecule has 0 heterocycles. The third kappa shape index (κ3) is 13.2. The average molecular weight is 406 g/mol. The topological polar surface area (TPSA) is 73.9 Å². The van der Waals surface area contributed by atoms with Crippen molar-refractivity contribution < 1.29 is 28.2 Å². The van der Waals surface area contributed by atoms with Crippen molar-refractivity contribution in [2.24, 2.45) is 11.8 Å². The predicted octanol–water partition coefficient (Wildman–Crippen LogP) is 3.32. The summed E-state index contributed by atoms with van der Waals surface area (Å²) >= 11 is 0. The van der Waals surface area contributed by atoms with Gasteiger partial charge in [0.15, 0.2) is 5.78 Å². The van der Waals surface area contributed by atoms with Crippen molar-refractivity contribution in [3.8, 4) is 0 Å². The van der Waals surface area contributed by atoms with Crippen molar-refractivity contribution in [1.29, 1.82) is 0 Å². The van der Waals surface area contributed by atoms with E-state index < -0.39 is 12.3 Å². The molecule has 0 rings (SSSR count). The molecule has 0 saturated carbocycles. The highest BCUT2D eigenvalue weighted by Crippen LogP contribution is 2.08. The summed E-state index contributed by atoms with van der Waals surface area (Å²) in [6.07, 6.45) is 1.77. The van der Waals surface area contributed by atoms with Crippen LogP contribution < -0.4 is 5.32 Å². The Hall–Kier alpha value is -1.05. The summed E-state index contributed by atoms with van der Waals surface area (Å²) in [6, 6.07) is 0. The van der Waals surface area contributed by atoms with E-state index in [-0.39, 0.29) is 43.3 Å². The van der Waals surface area contributed by atoms with E-state index in [9.17, 15) is 14.0 Å². The lowest BCUT2D eigenvalue weighted by Gasteiger charge is -2.19. The van der Waals surface area contributed by atoms with Crippen molar-refractivity contribution in [1.82, 2.24) is 5.32 Å². The van der Waals surface area contributed by atoms with Crippen LogP contribution in [0.15, 0.2) is 0 Å². The average Bonchev–Trinajstić information content (AvgIpc) is 2.70. The second-order valence-electron chi connectivity index (χ2n) is 7.32. The number of carbonyl (C=O) groups excluding carboxylic acids is 2. The summed E-state index contributed by atoms with van der Waals surface area (Å²) < 4.78 is 30.1. The van der Waals surface area contributed by atoms with Gasteiger partial charge in [-0.2, -0.15) is 0 Å². The molecule has 0 aromatic heterocycles. The maximum atomic E-state index is 14.1. The fourth-order valence-corrected chi connectivity index (χ4v) is 2.34. The molecule has 6 nitrogen and oxygen atoms in total. The van der Waals surface area contributed by atoms with E-state index in [1.807, 2.05) is 20.8 Å². The molecular formula is C21H40FNO5. The number of halogens is 1. The van der Waals surface area contributed by atoms with Gasteiger partial charge in [0.2, 0.25) is 5.91 Å².